The molecule has 0 spiro atoms. The number of ether oxygens (including phenoxy) is 2. The number of aryl methyl sites for hydroxylation is 1. The Labute approximate surface area is 163 Å². The number of carbonyl (C=O) groups is 1. The quantitative estimate of drug-likeness (QED) is 0.645. The molecule has 1 N–H and O–H groups in total. The Bertz CT molecular complexity index is 1010. The maximum Gasteiger partial charge on any atom is 0.262 e. The van der Waals surface area contributed by atoms with Crippen LogP contribution in [0.3, 0.4) is 0 Å². The Hall–Kier alpha value is -3.28. The molecule has 0 fully saturated rings. The van der Waals surface area contributed by atoms with E-state index in [2.05, 4.69) is 5.32 Å². The summed E-state index contributed by atoms with van der Waals surface area (Å²) in [6, 6.07) is 14.3. The second-order valence-corrected chi connectivity index (χ2v) is 6.33. The van der Waals surface area contributed by atoms with Gasteiger partial charge in [-0.15, -0.1) is 0 Å². The van der Waals surface area contributed by atoms with Gasteiger partial charge in [-0.25, -0.2) is 0 Å². The number of nitrogens with zero attached hydrogens (tertiary/aromatic N) is 1. The van der Waals surface area contributed by atoms with Crippen molar-refractivity contribution >= 4 is 22.4 Å². The van der Waals surface area contributed by atoms with E-state index in [1.54, 1.807) is 53.2 Å². The Morgan fingerprint density at radius 1 is 1.00 bits per heavy atom. The van der Waals surface area contributed by atoms with Gasteiger partial charge >= 0.3 is 0 Å². The molecule has 6 nitrogen and oxygen atoms in total. The van der Waals surface area contributed by atoms with E-state index in [9.17, 15) is 9.59 Å². The molecule has 0 unspecified atom stereocenters. The summed E-state index contributed by atoms with van der Waals surface area (Å²) in [5.41, 5.74) is 0.612. The van der Waals surface area contributed by atoms with Crippen LogP contribution in [0.2, 0.25) is 0 Å². The smallest absolute Gasteiger partial charge is 0.262 e. The van der Waals surface area contributed by atoms with Gasteiger partial charge in [-0.1, -0.05) is 13.0 Å². The zero-order chi connectivity index (χ0) is 19.9. The third kappa shape index (κ3) is 4.52. The van der Waals surface area contributed by atoms with Crippen LogP contribution in [0.25, 0.3) is 10.8 Å². The maximum absolute atomic E-state index is 12.5. The largest absolute Gasteiger partial charge is 0.494 e. The van der Waals surface area contributed by atoms with Gasteiger partial charge < -0.3 is 19.4 Å². The van der Waals surface area contributed by atoms with E-state index in [-0.39, 0.29) is 18.1 Å². The van der Waals surface area contributed by atoms with Crippen LogP contribution < -0.4 is 20.3 Å². The van der Waals surface area contributed by atoms with Crippen molar-refractivity contribution in [2.75, 3.05) is 18.5 Å². The topological polar surface area (TPSA) is 69.6 Å². The maximum atomic E-state index is 12.5. The average molecular weight is 380 g/mol. The number of hydrogen-bond donors (Lipinski definition) is 1. The lowest BCUT2D eigenvalue weighted by atomic mass is 10.1. The number of aromatic nitrogens is 1. The van der Waals surface area contributed by atoms with Crippen LogP contribution in [0.5, 0.6) is 11.5 Å². The highest BCUT2D eigenvalue weighted by Crippen LogP contribution is 2.23. The minimum absolute atomic E-state index is 0.0522. The fourth-order valence-electron chi connectivity index (χ4n) is 2.97. The first-order chi connectivity index (χ1) is 13.6. The highest BCUT2D eigenvalue weighted by Gasteiger charge is 2.09. The Morgan fingerprint density at radius 2 is 1.79 bits per heavy atom. The molecular formula is C22H24N2O4. The summed E-state index contributed by atoms with van der Waals surface area (Å²) in [6.45, 7) is 5.06. The predicted octanol–water partition coefficient (Wildman–Crippen LogP) is 3.83. The number of nitrogens with one attached hydrogen (secondary N) is 1. The lowest BCUT2D eigenvalue weighted by Gasteiger charge is -2.11. The molecule has 146 valence electrons. The van der Waals surface area contributed by atoms with Crippen LogP contribution in [0.15, 0.2) is 59.5 Å². The summed E-state index contributed by atoms with van der Waals surface area (Å²) in [5.74, 6) is 0.988. The van der Waals surface area contributed by atoms with Crippen molar-refractivity contribution in [1.82, 2.24) is 4.57 Å². The SMILES string of the molecule is CCCn1ccc2c(OCC(=O)Nc3ccc(OCC)cc3)cccc2c1=O. The van der Waals surface area contributed by atoms with Gasteiger partial charge in [-0.2, -0.15) is 0 Å². The molecule has 0 bridgehead atoms. The molecule has 2 aromatic carbocycles. The van der Waals surface area contributed by atoms with Crippen LogP contribution in [0, 0.1) is 0 Å². The van der Waals surface area contributed by atoms with E-state index in [4.69, 9.17) is 9.47 Å². The fraction of sp³-hybridized carbons (Fsp3) is 0.273. The normalized spacial score (nSPS) is 10.6. The molecule has 0 aliphatic carbocycles. The Balaban J connectivity index is 1.68. The lowest BCUT2D eigenvalue weighted by Crippen LogP contribution is -2.21. The van der Waals surface area contributed by atoms with Crippen molar-refractivity contribution < 1.29 is 14.3 Å². The summed E-state index contributed by atoms with van der Waals surface area (Å²) in [4.78, 5) is 24.7. The number of pyridine rings is 1. The third-order valence-electron chi connectivity index (χ3n) is 4.25. The molecule has 3 rings (SSSR count). The number of fused-ring (bicyclic) bond motifs is 1. The van der Waals surface area contributed by atoms with E-state index in [1.807, 2.05) is 19.9 Å². The molecular weight excluding hydrogens is 356 g/mol. The van der Waals surface area contributed by atoms with Gasteiger partial charge in [0.1, 0.15) is 11.5 Å². The zero-order valence-electron chi connectivity index (χ0n) is 16.1. The summed E-state index contributed by atoms with van der Waals surface area (Å²) in [5, 5.41) is 4.07. The van der Waals surface area contributed by atoms with Crippen molar-refractivity contribution in [3.8, 4) is 11.5 Å². The Morgan fingerprint density at radius 3 is 2.50 bits per heavy atom. The van der Waals surface area contributed by atoms with E-state index in [1.165, 1.54) is 0 Å². The summed E-state index contributed by atoms with van der Waals surface area (Å²) >= 11 is 0. The van der Waals surface area contributed by atoms with Crippen LogP contribution in [-0.4, -0.2) is 23.7 Å². The molecule has 6 heteroatoms. The van der Waals surface area contributed by atoms with Gasteiger partial charge in [-0.05, 0) is 55.8 Å². The molecule has 1 heterocycles. The molecule has 1 aromatic heterocycles. The molecule has 0 saturated heterocycles. The molecule has 1 amide bonds. The van der Waals surface area contributed by atoms with Crippen LogP contribution >= 0.6 is 0 Å². The van der Waals surface area contributed by atoms with Crippen LogP contribution in [-0.2, 0) is 11.3 Å². The van der Waals surface area contributed by atoms with Gasteiger partial charge in [0.25, 0.3) is 11.5 Å². The zero-order valence-corrected chi connectivity index (χ0v) is 16.1. The van der Waals surface area contributed by atoms with Crippen molar-refractivity contribution in [2.45, 2.75) is 26.8 Å². The van der Waals surface area contributed by atoms with Gasteiger partial charge in [-0.3, -0.25) is 9.59 Å². The number of anilines is 1. The van der Waals surface area contributed by atoms with Crippen molar-refractivity contribution in [1.29, 1.82) is 0 Å². The third-order valence-corrected chi connectivity index (χ3v) is 4.25. The molecule has 3 aromatic rings. The molecule has 0 aliphatic heterocycles. The van der Waals surface area contributed by atoms with E-state index in [0.29, 0.717) is 35.4 Å². The summed E-state index contributed by atoms with van der Waals surface area (Å²) in [7, 11) is 0. The molecule has 0 aliphatic rings. The number of carbonyl (C=O) groups excluding carboxylic acids is 1. The minimum atomic E-state index is -0.277. The standard InChI is InChI=1S/C22H24N2O4/c1-3-13-24-14-12-18-19(22(24)26)6-5-7-20(18)28-15-21(25)23-16-8-10-17(11-9-16)27-4-2/h5-12,14H,3-4,13,15H2,1-2H3,(H,23,25). The van der Waals surface area contributed by atoms with Gasteiger partial charge in [0, 0.05) is 23.8 Å². The first-order valence-electron chi connectivity index (χ1n) is 9.40. The molecule has 0 saturated carbocycles. The predicted molar refractivity (Wildman–Crippen MR) is 110 cm³/mol. The van der Waals surface area contributed by atoms with Crippen molar-refractivity contribution in [3.05, 3.63) is 65.1 Å². The van der Waals surface area contributed by atoms with E-state index < -0.39 is 0 Å². The molecule has 0 atom stereocenters. The first-order valence-corrected chi connectivity index (χ1v) is 9.40. The summed E-state index contributed by atoms with van der Waals surface area (Å²) < 4.78 is 12.8. The fourth-order valence-corrected chi connectivity index (χ4v) is 2.97. The number of benzene rings is 2. The van der Waals surface area contributed by atoms with E-state index in [0.717, 1.165) is 12.2 Å². The van der Waals surface area contributed by atoms with E-state index >= 15 is 0 Å². The lowest BCUT2D eigenvalue weighted by molar-refractivity contribution is -0.118. The molecule has 0 radical (unpaired) electrons. The second kappa shape index (κ2) is 9.08. The van der Waals surface area contributed by atoms with Gasteiger partial charge in [0.2, 0.25) is 0 Å². The second-order valence-electron chi connectivity index (χ2n) is 6.33. The number of hydrogen-bond acceptors (Lipinski definition) is 4. The molecule has 28 heavy (non-hydrogen) atoms. The van der Waals surface area contributed by atoms with Crippen molar-refractivity contribution in [2.24, 2.45) is 0 Å². The monoisotopic (exact) mass is 380 g/mol. The van der Waals surface area contributed by atoms with Crippen LogP contribution in [0.1, 0.15) is 20.3 Å². The summed E-state index contributed by atoms with van der Waals surface area (Å²) in [6.07, 6.45) is 2.65. The first kappa shape index (κ1) is 19.5. The average Bonchev–Trinajstić information content (AvgIpc) is 2.70. The highest BCUT2D eigenvalue weighted by molar-refractivity contribution is 5.92. The highest BCUT2D eigenvalue weighted by atomic mass is 16.5. The van der Waals surface area contributed by atoms with Gasteiger partial charge in [0.05, 0.1) is 12.0 Å². The van der Waals surface area contributed by atoms with Crippen LogP contribution in [0.4, 0.5) is 5.69 Å². The minimum Gasteiger partial charge on any atom is -0.494 e. The Kier molecular flexibility index (Phi) is 6.32. The van der Waals surface area contributed by atoms with Gasteiger partial charge in [0.15, 0.2) is 6.61 Å². The number of amides is 1. The number of rotatable bonds is 8. The van der Waals surface area contributed by atoms with Crippen molar-refractivity contribution in [3.63, 3.8) is 0 Å².